The summed E-state index contributed by atoms with van der Waals surface area (Å²) in [4.78, 5) is 16.8. The average molecular weight is 528 g/mol. The van der Waals surface area contributed by atoms with Crippen molar-refractivity contribution >= 4 is 56.0 Å². The molecule has 0 spiro atoms. The molecule has 150 valence electrons. The van der Waals surface area contributed by atoms with Crippen LogP contribution in [0.25, 0.3) is 0 Å². The van der Waals surface area contributed by atoms with Crippen LogP contribution in [0.2, 0.25) is 0 Å². The van der Waals surface area contributed by atoms with Gasteiger partial charge in [0.05, 0.1) is 0 Å². The van der Waals surface area contributed by atoms with Crippen molar-refractivity contribution in [3.05, 3.63) is 92.5 Å². The van der Waals surface area contributed by atoms with Crippen LogP contribution in [0.4, 0.5) is 11.4 Å². The topological polar surface area (TPSA) is 64.0 Å². The van der Waals surface area contributed by atoms with Crippen LogP contribution in [0.3, 0.4) is 0 Å². The maximum absolute atomic E-state index is 12.7. The Labute approximate surface area is 187 Å². The standard InChI is InChI=1S/C23H18N2O3Se2/c1-24-15-7-3-5-9-17(15)29-19(24)11-13-21(26)14(23(28)22(13)27)12-20-25(2)16-8-4-6-10-18(16)30-20/h3-12,26H,1-2H3,(H,27,28)/b19-11+,20-12+. The number of hydrogen-bond donors (Lipinski definition) is 2. The Balaban J connectivity index is 1.49. The molecule has 0 radical (unpaired) electrons. The molecule has 0 fully saturated rings. The number of carbonyl (C=O) groups is 1. The molecule has 0 saturated carbocycles. The fraction of sp³-hybridized carbons (Fsp3) is 0.0870. The molecule has 0 aromatic heterocycles. The van der Waals surface area contributed by atoms with Gasteiger partial charge < -0.3 is 0 Å². The number of ketones is 1. The van der Waals surface area contributed by atoms with Crippen LogP contribution in [0.5, 0.6) is 0 Å². The molecule has 0 unspecified atom stereocenters. The van der Waals surface area contributed by atoms with Gasteiger partial charge in [-0.05, 0) is 0 Å². The van der Waals surface area contributed by atoms with Crippen molar-refractivity contribution in [3.8, 4) is 0 Å². The predicted octanol–water partition coefficient (Wildman–Crippen LogP) is 1.84. The first-order chi connectivity index (χ1) is 14.5. The van der Waals surface area contributed by atoms with E-state index in [9.17, 15) is 15.0 Å². The maximum atomic E-state index is 12.7. The number of fused-ring (bicyclic) bond motifs is 2. The van der Waals surface area contributed by atoms with Crippen molar-refractivity contribution in [2.75, 3.05) is 23.9 Å². The number of nitrogens with zero attached hydrogens (tertiary/aromatic N) is 2. The van der Waals surface area contributed by atoms with E-state index in [2.05, 4.69) is 12.1 Å². The van der Waals surface area contributed by atoms with E-state index in [4.69, 9.17) is 0 Å². The normalized spacial score (nSPS) is 20.8. The number of hydrogen-bond acceptors (Lipinski definition) is 5. The second-order valence-corrected chi connectivity index (χ2v) is 11.5. The zero-order valence-corrected chi connectivity index (χ0v) is 19.7. The molecule has 0 saturated heterocycles. The summed E-state index contributed by atoms with van der Waals surface area (Å²) in [6.45, 7) is 0. The Morgan fingerprint density at radius 3 is 1.70 bits per heavy atom. The van der Waals surface area contributed by atoms with Crippen LogP contribution in [-0.2, 0) is 4.79 Å². The van der Waals surface area contributed by atoms with E-state index in [1.165, 1.54) is 8.92 Å². The van der Waals surface area contributed by atoms with Gasteiger partial charge in [-0.25, -0.2) is 0 Å². The number of aliphatic hydroxyl groups excluding tert-OH is 2. The van der Waals surface area contributed by atoms with E-state index in [-0.39, 0.29) is 46.8 Å². The molecule has 2 aromatic rings. The Kier molecular flexibility index (Phi) is 4.64. The molecule has 2 aromatic carbocycles. The van der Waals surface area contributed by atoms with E-state index in [0.29, 0.717) is 0 Å². The zero-order valence-electron chi connectivity index (χ0n) is 16.3. The molecule has 3 aliphatic rings. The summed E-state index contributed by atoms with van der Waals surface area (Å²) >= 11 is 0.0752. The Morgan fingerprint density at radius 1 is 0.733 bits per heavy atom. The van der Waals surface area contributed by atoms with Crippen molar-refractivity contribution in [3.63, 3.8) is 0 Å². The number of rotatable bonds is 2. The van der Waals surface area contributed by atoms with E-state index >= 15 is 0 Å². The molecular weight excluding hydrogens is 510 g/mol. The van der Waals surface area contributed by atoms with E-state index in [1.54, 1.807) is 12.2 Å². The molecule has 0 bridgehead atoms. The third kappa shape index (κ3) is 2.94. The molecule has 5 nitrogen and oxygen atoms in total. The molecule has 2 N–H and O–H groups in total. The van der Waals surface area contributed by atoms with Crippen LogP contribution in [-0.4, -0.2) is 60.0 Å². The Morgan fingerprint density at radius 2 is 1.20 bits per heavy atom. The van der Waals surface area contributed by atoms with Gasteiger partial charge in [0.1, 0.15) is 0 Å². The van der Waals surface area contributed by atoms with E-state index in [1.807, 2.05) is 60.3 Å². The molecule has 0 atom stereocenters. The summed E-state index contributed by atoms with van der Waals surface area (Å²) in [5.74, 6) is -1.08. The minimum atomic E-state index is -0.530. The first-order valence-corrected chi connectivity index (χ1v) is 12.7. The third-order valence-electron chi connectivity index (χ3n) is 5.30. The molecule has 2 heterocycles. The molecule has 0 amide bonds. The summed E-state index contributed by atoms with van der Waals surface area (Å²) in [5, 5.41) is 21.4. The monoisotopic (exact) mass is 530 g/mol. The van der Waals surface area contributed by atoms with E-state index < -0.39 is 11.5 Å². The molecular formula is C23H18N2O3Se2. The molecule has 30 heavy (non-hydrogen) atoms. The predicted molar refractivity (Wildman–Crippen MR) is 121 cm³/mol. The van der Waals surface area contributed by atoms with Gasteiger partial charge in [-0.2, -0.15) is 0 Å². The first-order valence-electron chi connectivity index (χ1n) is 9.32. The van der Waals surface area contributed by atoms with E-state index in [0.717, 1.165) is 20.6 Å². The van der Waals surface area contributed by atoms with Gasteiger partial charge in [-0.1, -0.05) is 0 Å². The number of aliphatic hydroxyl groups is 2. The summed E-state index contributed by atoms with van der Waals surface area (Å²) < 4.78 is 4.42. The average Bonchev–Trinajstić information content (AvgIpc) is 3.31. The second-order valence-electron chi connectivity index (χ2n) is 7.08. The minimum absolute atomic E-state index is 0.0339. The van der Waals surface area contributed by atoms with Gasteiger partial charge >= 0.3 is 187 Å². The summed E-state index contributed by atoms with van der Waals surface area (Å²) in [6.07, 6.45) is 3.46. The third-order valence-corrected chi connectivity index (χ3v) is 10.2. The quantitative estimate of drug-likeness (QED) is 0.583. The van der Waals surface area contributed by atoms with Gasteiger partial charge in [-0.15, -0.1) is 0 Å². The molecule has 5 rings (SSSR count). The van der Waals surface area contributed by atoms with Crippen LogP contribution in [0, 0.1) is 0 Å². The SMILES string of the molecule is CN1/C(=C\C2=C(O)C(/C=C3/[Se]c4ccccc4N3C)=C(O)C2=O)[Se]c2ccccc21. The number of allylic oxidation sites excluding steroid dienone is 3. The number of carbonyl (C=O) groups excluding carboxylic acids is 1. The van der Waals surface area contributed by atoms with Gasteiger partial charge in [0, 0.05) is 0 Å². The van der Waals surface area contributed by atoms with Gasteiger partial charge in [-0.3, -0.25) is 0 Å². The fourth-order valence-electron chi connectivity index (χ4n) is 3.63. The zero-order chi connectivity index (χ0) is 21.0. The fourth-order valence-corrected chi connectivity index (χ4v) is 8.21. The first kappa shape index (κ1) is 19.3. The van der Waals surface area contributed by atoms with Crippen LogP contribution >= 0.6 is 0 Å². The van der Waals surface area contributed by atoms with Crippen molar-refractivity contribution in [1.29, 1.82) is 0 Å². The van der Waals surface area contributed by atoms with Gasteiger partial charge in [0.25, 0.3) is 0 Å². The van der Waals surface area contributed by atoms with Crippen molar-refractivity contribution in [1.82, 2.24) is 0 Å². The molecule has 1 aliphatic carbocycles. The molecule has 7 heteroatoms. The summed E-state index contributed by atoms with van der Waals surface area (Å²) in [5.41, 5.74) is 2.59. The van der Waals surface area contributed by atoms with Crippen molar-refractivity contribution in [2.24, 2.45) is 0 Å². The van der Waals surface area contributed by atoms with Crippen LogP contribution < -0.4 is 18.7 Å². The molecule has 2 aliphatic heterocycles. The van der Waals surface area contributed by atoms with Crippen molar-refractivity contribution in [2.45, 2.75) is 0 Å². The Bertz CT molecular complexity index is 1230. The number of Topliss-reactive ketones (excluding diaryl/α,β-unsaturated/α-hetero) is 1. The van der Waals surface area contributed by atoms with Gasteiger partial charge in [0.15, 0.2) is 0 Å². The number of anilines is 2. The van der Waals surface area contributed by atoms with Crippen LogP contribution in [0.1, 0.15) is 0 Å². The van der Waals surface area contributed by atoms with Crippen LogP contribution in [0.15, 0.2) is 92.5 Å². The van der Waals surface area contributed by atoms with Crippen molar-refractivity contribution < 1.29 is 15.0 Å². The Hall–Kier alpha value is -2.69. The summed E-state index contributed by atoms with van der Waals surface area (Å²) in [7, 11) is 3.92. The van der Waals surface area contributed by atoms with Gasteiger partial charge in [0.2, 0.25) is 0 Å². The number of para-hydroxylation sites is 2. The second kappa shape index (κ2) is 7.22. The summed E-state index contributed by atoms with van der Waals surface area (Å²) in [6, 6.07) is 16.2. The number of benzene rings is 2.